The topological polar surface area (TPSA) is 200 Å². The Bertz CT molecular complexity index is 553. The number of aliphatic carboxylic acids is 1. The van der Waals surface area contributed by atoms with Gasteiger partial charge in [-0.05, 0) is 12.3 Å². The summed E-state index contributed by atoms with van der Waals surface area (Å²) < 4.78 is 0. The number of carbonyl (C=O) groups excluding carboxylic acids is 4. The number of nitrogens with two attached hydrogens (primary N) is 1. The van der Waals surface area contributed by atoms with Crippen molar-refractivity contribution in [3.8, 4) is 0 Å². The maximum absolute atomic E-state index is 11.7. The van der Waals surface area contributed by atoms with Crippen LogP contribution in [0.3, 0.4) is 0 Å². The maximum atomic E-state index is 11.7. The molecule has 12 nitrogen and oxygen atoms in total. The zero-order chi connectivity index (χ0) is 21.0. The SMILES string of the molecule is CC(C)C[C@H](NC(=O)CNC(=O)CNC(=O)CNC(=O)[C@@H](N)CO)C(=O)O. The van der Waals surface area contributed by atoms with Crippen LogP contribution in [0.25, 0.3) is 0 Å². The number of carboxylic acid groups (broad SMARTS) is 1. The quantitative estimate of drug-likeness (QED) is 0.176. The molecule has 4 amide bonds. The Morgan fingerprint density at radius 1 is 0.889 bits per heavy atom. The van der Waals surface area contributed by atoms with Gasteiger partial charge >= 0.3 is 5.97 Å². The molecule has 0 aromatic heterocycles. The van der Waals surface area contributed by atoms with E-state index in [-0.39, 0.29) is 12.3 Å². The molecular formula is C15H27N5O7. The summed E-state index contributed by atoms with van der Waals surface area (Å²) in [5, 5.41) is 26.6. The van der Waals surface area contributed by atoms with Crippen LogP contribution < -0.4 is 27.0 Å². The normalized spacial score (nSPS) is 12.6. The third-order valence-electron chi connectivity index (χ3n) is 3.19. The van der Waals surface area contributed by atoms with Crippen molar-refractivity contribution in [2.75, 3.05) is 26.2 Å². The van der Waals surface area contributed by atoms with Crippen LogP contribution in [0.5, 0.6) is 0 Å². The summed E-state index contributed by atoms with van der Waals surface area (Å²) in [7, 11) is 0. The molecule has 0 rings (SSSR count). The number of aliphatic hydroxyl groups is 1. The second-order valence-corrected chi connectivity index (χ2v) is 6.15. The highest BCUT2D eigenvalue weighted by Gasteiger charge is 2.21. The lowest BCUT2D eigenvalue weighted by molar-refractivity contribution is -0.142. The van der Waals surface area contributed by atoms with Crippen LogP contribution in [0, 0.1) is 5.92 Å². The van der Waals surface area contributed by atoms with Gasteiger partial charge in [-0.2, -0.15) is 0 Å². The van der Waals surface area contributed by atoms with Gasteiger partial charge in [0.15, 0.2) is 0 Å². The fraction of sp³-hybridized carbons (Fsp3) is 0.667. The van der Waals surface area contributed by atoms with Gasteiger partial charge in [-0.1, -0.05) is 13.8 Å². The minimum absolute atomic E-state index is 0.0589. The summed E-state index contributed by atoms with van der Waals surface area (Å²) in [6, 6.07) is -2.20. The van der Waals surface area contributed by atoms with Crippen molar-refractivity contribution < 1.29 is 34.2 Å². The minimum Gasteiger partial charge on any atom is -0.480 e. The van der Waals surface area contributed by atoms with Crippen molar-refractivity contribution in [1.29, 1.82) is 0 Å². The minimum atomic E-state index is -1.17. The lowest BCUT2D eigenvalue weighted by atomic mass is 10.0. The first-order chi connectivity index (χ1) is 12.6. The van der Waals surface area contributed by atoms with Crippen molar-refractivity contribution in [3.05, 3.63) is 0 Å². The largest absolute Gasteiger partial charge is 0.480 e. The molecule has 27 heavy (non-hydrogen) atoms. The number of carbonyl (C=O) groups is 5. The number of nitrogens with one attached hydrogen (secondary N) is 4. The molecule has 2 atom stereocenters. The average molecular weight is 389 g/mol. The van der Waals surface area contributed by atoms with E-state index in [9.17, 15) is 24.0 Å². The van der Waals surface area contributed by atoms with Gasteiger partial charge in [-0.15, -0.1) is 0 Å². The van der Waals surface area contributed by atoms with Gasteiger partial charge in [-0.25, -0.2) is 4.79 Å². The lowest BCUT2D eigenvalue weighted by Gasteiger charge is -2.16. The molecule has 0 aromatic rings. The molecule has 0 aromatic carbocycles. The molecular weight excluding hydrogens is 362 g/mol. The predicted octanol–water partition coefficient (Wildman–Crippen LogP) is -3.73. The fourth-order valence-electron chi connectivity index (χ4n) is 1.80. The number of amides is 4. The summed E-state index contributed by atoms with van der Waals surface area (Å²) in [5.74, 6) is -3.85. The van der Waals surface area contributed by atoms with Gasteiger partial charge in [0.1, 0.15) is 12.1 Å². The van der Waals surface area contributed by atoms with E-state index in [2.05, 4.69) is 21.3 Å². The van der Waals surface area contributed by atoms with Gasteiger partial charge in [0.2, 0.25) is 23.6 Å². The molecule has 0 radical (unpaired) electrons. The molecule has 0 saturated carbocycles. The third-order valence-corrected chi connectivity index (χ3v) is 3.19. The number of aliphatic hydroxyl groups excluding tert-OH is 1. The standard InChI is InChI=1S/C15H27N5O7/c1-8(2)3-10(15(26)27)20-13(24)6-18-11(22)4-17-12(23)5-19-14(25)9(16)7-21/h8-10,21H,3-7,16H2,1-2H3,(H,17,23)(H,18,22)(H,19,25)(H,20,24)(H,26,27)/t9-,10-/m0/s1. The van der Waals surface area contributed by atoms with Crippen LogP contribution in [-0.4, -0.2) is 78.1 Å². The number of hydrogen-bond acceptors (Lipinski definition) is 7. The highest BCUT2D eigenvalue weighted by atomic mass is 16.4. The van der Waals surface area contributed by atoms with Gasteiger partial charge in [0.25, 0.3) is 0 Å². The zero-order valence-electron chi connectivity index (χ0n) is 15.3. The summed E-state index contributed by atoms with van der Waals surface area (Å²) in [4.78, 5) is 57.1. The molecule has 0 aliphatic rings. The molecule has 0 spiro atoms. The van der Waals surface area contributed by atoms with Crippen molar-refractivity contribution in [1.82, 2.24) is 21.3 Å². The molecule has 154 valence electrons. The van der Waals surface area contributed by atoms with Crippen LogP contribution >= 0.6 is 0 Å². The van der Waals surface area contributed by atoms with E-state index in [0.717, 1.165) is 0 Å². The van der Waals surface area contributed by atoms with E-state index in [1.54, 1.807) is 0 Å². The molecule has 0 heterocycles. The smallest absolute Gasteiger partial charge is 0.326 e. The Morgan fingerprint density at radius 2 is 1.37 bits per heavy atom. The van der Waals surface area contributed by atoms with Crippen LogP contribution in [0.4, 0.5) is 0 Å². The van der Waals surface area contributed by atoms with Crippen molar-refractivity contribution in [2.45, 2.75) is 32.4 Å². The lowest BCUT2D eigenvalue weighted by Crippen LogP contribution is -2.49. The highest BCUT2D eigenvalue weighted by Crippen LogP contribution is 2.04. The van der Waals surface area contributed by atoms with Crippen LogP contribution in [0.15, 0.2) is 0 Å². The van der Waals surface area contributed by atoms with E-state index in [1.807, 2.05) is 13.8 Å². The summed E-state index contributed by atoms with van der Waals surface area (Å²) in [5.41, 5.74) is 5.24. The molecule has 0 unspecified atom stereocenters. The molecule has 0 bridgehead atoms. The molecule has 8 N–H and O–H groups in total. The number of rotatable bonds is 12. The van der Waals surface area contributed by atoms with E-state index < -0.39 is 67.9 Å². The van der Waals surface area contributed by atoms with Gasteiger partial charge in [0.05, 0.1) is 26.2 Å². The van der Waals surface area contributed by atoms with Crippen LogP contribution in [0.2, 0.25) is 0 Å². The monoisotopic (exact) mass is 389 g/mol. The van der Waals surface area contributed by atoms with Crippen molar-refractivity contribution in [2.24, 2.45) is 11.7 Å². The number of carboxylic acids is 1. The van der Waals surface area contributed by atoms with E-state index >= 15 is 0 Å². The van der Waals surface area contributed by atoms with Gasteiger partial charge in [0, 0.05) is 0 Å². The summed E-state index contributed by atoms with van der Waals surface area (Å²) in [6.45, 7) is 1.73. The molecule has 12 heteroatoms. The Kier molecular flexibility index (Phi) is 11.3. The number of hydrogen-bond donors (Lipinski definition) is 7. The third kappa shape index (κ3) is 11.5. The molecule has 0 aliphatic heterocycles. The van der Waals surface area contributed by atoms with Crippen LogP contribution in [0.1, 0.15) is 20.3 Å². The van der Waals surface area contributed by atoms with E-state index in [1.165, 1.54) is 0 Å². The molecule has 0 fully saturated rings. The summed E-state index contributed by atoms with van der Waals surface area (Å²) >= 11 is 0. The fourth-order valence-corrected chi connectivity index (χ4v) is 1.80. The van der Waals surface area contributed by atoms with E-state index in [0.29, 0.717) is 0 Å². The first-order valence-electron chi connectivity index (χ1n) is 8.26. The summed E-state index contributed by atoms with van der Waals surface area (Å²) in [6.07, 6.45) is 0.247. The first-order valence-corrected chi connectivity index (χ1v) is 8.26. The molecule has 0 saturated heterocycles. The Balaban J connectivity index is 4.11. The second-order valence-electron chi connectivity index (χ2n) is 6.15. The predicted molar refractivity (Wildman–Crippen MR) is 93.1 cm³/mol. The van der Waals surface area contributed by atoms with Crippen molar-refractivity contribution >= 4 is 29.6 Å². The zero-order valence-corrected chi connectivity index (χ0v) is 15.3. The Morgan fingerprint density at radius 3 is 1.81 bits per heavy atom. The van der Waals surface area contributed by atoms with Crippen LogP contribution in [-0.2, 0) is 24.0 Å². The second kappa shape index (κ2) is 12.6. The Hall–Kier alpha value is -2.73. The van der Waals surface area contributed by atoms with E-state index in [4.69, 9.17) is 15.9 Å². The van der Waals surface area contributed by atoms with Crippen molar-refractivity contribution in [3.63, 3.8) is 0 Å². The van der Waals surface area contributed by atoms with Gasteiger partial charge < -0.3 is 37.2 Å². The highest BCUT2D eigenvalue weighted by molar-refractivity contribution is 5.91. The first kappa shape index (κ1) is 24.3. The average Bonchev–Trinajstić information content (AvgIpc) is 2.60. The maximum Gasteiger partial charge on any atom is 0.326 e. The van der Waals surface area contributed by atoms with Gasteiger partial charge in [-0.3, -0.25) is 19.2 Å². The molecule has 0 aliphatic carbocycles. The Labute approximate surface area is 156 Å².